The van der Waals surface area contributed by atoms with Crippen LogP contribution in [0.3, 0.4) is 0 Å². The summed E-state index contributed by atoms with van der Waals surface area (Å²) in [7, 11) is 0. The highest BCUT2D eigenvalue weighted by atomic mass is 127. The van der Waals surface area contributed by atoms with Gasteiger partial charge in [-0.2, -0.15) is 0 Å². The zero-order valence-corrected chi connectivity index (χ0v) is 12.3. The number of ether oxygens (including phenoxy) is 2. The quantitative estimate of drug-likeness (QED) is 0.597. The molecule has 1 aromatic carbocycles. The molecule has 17 heavy (non-hydrogen) atoms. The van der Waals surface area contributed by atoms with Crippen molar-refractivity contribution in [2.24, 2.45) is 0 Å². The molecule has 0 amide bonds. The molecule has 0 aromatic heterocycles. The molecule has 0 aliphatic carbocycles. The Balaban J connectivity index is 2.32. The van der Waals surface area contributed by atoms with Gasteiger partial charge in [-0.3, -0.25) is 0 Å². The molecule has 0 spiro atoms. The largest absolute Gasteiger partial charge is 0.508 e. The van der Waals surface area contributed by atoms with Crippen molar-refractivity contribution in [1.29, 1.82) is 0 Å². The summed E-state index contributed by atoms with van der Waals surface area (Å²) in [4.78, 5) is 11.0. The predicted molar refractivity (Wildman–Crippen MR) is 75.2 cm³/mol. The predicted octanol–water partition coefficient (Wildman–Crippen LogP) is 3.96. The minimum absolute atomic E-state index is 0.353. The van der Waals surface area contributed by atoms with Gasteiger partial charge in [0.2, 0.25) is 0 Å². The van der Waals surface area contributed by atoms with Crippen LogP contribution in [0, 0.1) is 3.57 Å². The molecule has 0 aliphatic rings. The molecule has 0 aliphatic heterocycles. The molecule has 0 radical (unpaired) electrons. The second kappa shape index (κ2) is 7.53. The molecule has 0 saturated heterocycles. The van der Waals surface area contributed by atoms with Crippen molar-refractivity contribution in [2.75, 3.05) is 13.2 Å². The summed E-state index contributed by atoms with van der Waals surface area (Å²) in [5.41, 5.74) is 1.26. The molecule has 1 aromatic rings. The zero-order chi connectivity index (χ0) is 12.7. The van der Waals surface area contributed by atoms with Gasteiger partial charge in [-0.15, -0.1) is 0 Å². The van der Waals surface area contributed by atoms with Crippen LogP contribution < -0.4 is 0 Å². The smallest absolute Gasteiger partial charge is 0.435 e. The third-order valence-electron chi connectivity index (χ3n) is 2.47. The average molecular weight is 348 g/mol. The Morgan fingerprint density at radius 2 is 1.94 bits per heavy atom. The highest BCUT2D eigenvalue weighted by Crippen LogP contribution is 2.19. The topological polar surface area (TPSA) is 35.5 Å². The average Bonchev–Trinajstić information content (AvgIpc) is 2.30. The van der Waals surface area contributed by atoms with Gasteiger partial charge in [-0.1, -0.05) is 19.1 Å². The van der Waals surface area contributed by atoms with E-state index >= 15 is 0 Å². The molecule has 1 atom stereocenters. The van der Waals surface area contributed by atoms with Gasteiger partial charge < -0.3 is 9.47 Å². The van der Waals surface area contributed by atoms with Crippen LogP contribution >= 0.6 is 22.6 Å². The Bertz CT molecular complexity index is 348. The maximum atomic E-state index is 11.0. The van der Waals surface area contributed by atoms with Crippen LogP contribution in [0.25, 0.3) is 0 Å². The fourth-order valence-electron chi connectivity index (χ4n) is 1.44. The Morgan fingerprint density at radius 1 is 1.29 bits per heavy atom. The van der Waals surface area contributed by atoms with E-state index in [0.717, 1.165) is 6.42 Å². The van der Waals surface area contributed by atoms with E-state index < -0.39 is 6.16 Å². The summed E-state index contributed by atoms with van der Waals surface area (Å²) in [6.07, 6.45) is 0.224. The molecule has 94 valence electrons. The first-order valence-electron chi connectivity index (χ1n) is 5.68. The molecule has 0 fully saturated rings. The lowest BCUT2D eigenvalue weighted by Gasteiger charge is -2.12. The summed E-state index contributed by atoms with van der Waals surface area (Å²) in [6, 6.07) is 8.38. The van der Waals surface area contributed by atoms with Crippen molar-refractivity contribution < 1.29 is 14.3 Å². The molecule has 1 rings (SSSR count). The Hall–Kier alpha value is -0.780. The Morgan fingerprint density at radius 3 is 2.53 bits per heavy atom. The highest BCUT2D eigenvalue weighted by Gasteiger charge is 2.07. The first-order valence-corrected chi connectivity index (χ1v) is 6.76. The Kier molecular flexibility index (Phi) is 6.32. The number of hydrogen-bond donors (Lipinski definition) is 0. The van der Waals surface area contributed by atoms with E-state index in [1.165, 1.54) is 9.13 Å². The highest BCUT2D eigenvalue weighted by molar-refractivity contribution is 14.1. The lowest BCUT2D eigenvalue weighted by molar-refractivity contribution is 0.0573. The zero-order valence-electron chi connectivity index (χ0n) is 10.1. The van der Waals surface area contributed by atoms with Gasteiger partial charge >= 0.3 is 6.16 Å². The number of carbonyl (C=O) groups excluding carboxylic acids is 1. The molecule has 3 nitrogen and oxygen atoms in total. The fraction of sp³-hybridized carbons (Fsp3) is 0.462. The van der Waals surface area contributed by atoms with E-state index in [1.54, 1.807) is 6.92 Å². The normalized spacial score (nSPS) is 11.9. The lowest BCUT2D eigenvalue weighted by Crippen LogP contribution is -2.09. The Labute approximate surface area is 116 Å². The number of carbonyl (C=O) groups is 1. The molecular formula is C13H17IO3. The van der Waals surface area contributed by atoms with Crippen LogP contribution in [0.1, 0.15) is 31.7 Å². The van der Waals surface area contributed by atoms with Gasteiger partial charge in [0.05, 0.1) is 13.2 Å². The summed E-state index contributed by atoms with van der Waals surface area (Å²) in [5.74, 6) is 0.376. The summed E-state index contributed by atoms with van der Waals surface area (Å²) < 4.78 is 10.8. The first kappa shape index (κ1) is 14.3. The van der Waals surface area contributed by atoms with Crippen molar-refractivity contribution in [3.8, 4) is 0 Å². The van der Waals surface area contributed by atoms with E-state index in [-0.39, 0.29) is 0 Å². The van der Waals surface area contributed by atoms with Gasteiger partial charge in [0, 0.05) is 3.57 Å². The third kappa shape index (κ3) is 5.39. The number of hydrogen-bond acceptors (Lipinski definition) is 3. The lowest BCUT2D eigenvalue weighted by atomic mass is 9.98. The van der Waals surface area contributed by atoms with Gasteiger partial charge in [-0.05, 0) is 59.5 Å². The number of rotatable bonds is 5. The SMILES string of the molecule is CCOC(=O)OCC[C@H](C)c1ccc(I)cc1. The van der Waals surface area contributed by atoms with Crippen molar-refractivity contribution in [2.45, 2.75) is 26.2 Å². The molecule has 0 N–H and O–H groups in total. The van der Waals surface area contributed by atoms with Crippen LogP contribution in [0.5, 0.6) is 0 Å². The first-order chi connectivity index (χ1) is 8.13. The van der Waals surface area contributed by atoms with Crippen molar-refractivity contribution in [3.63, 3.8) is 0 Å². The van der Waals surface area contributed by atoms with Crippen LogP contribution in [-0.4, -0.2) is 19.4 Å². The second-order valence-corrected chi connectivity index (χ2v) is 5.02. The van der Waals surface area contributed by atoms with Gasteiger partial charge in [0.25, 0.3) is 0 Å². The van der Waals surface area contributed by atoms with Gasteiger partial charge in [-0.25, -0.2) is 4.79 Å². The summed E-state index contributed by atoms with van der Waals surface area (Å²) in [5, 5.41) is 0. The summed E-state index contributed by atoms with van der Waals surface area (Å²) in [6.45, 7) is 4.63. The second-order valence-electron chi connectivity index (χ2n) is 3.77. The van der Waals surface area contributed by atoms with E-state index in [0.29, 0.717) is 19.1 Å². The number of halogens is 1. The maximum absolute atomic E-state index is 11.0. The fourth-order valence-corrected chi connectivity index (χ4v) is 1.80. The molecule has 0 bridgehead atoms. The van der Waals surface area contributed by atoms with Crippen LogP contribution in [0.2, 0.25) is 0 Å². The third-order valence-corrected chi connectivity index (χ3v) is 3.19. The molecule has 0 unspecified atom stereocenters. The molecule has 0 heterocycles. The maximum Gasteiger partial charge on any atom is 0.508 e. The van der Waals surface area contributed by atoms with E-state index in [9.17, 15) is 4.79 Å². The van der Waals surface area contributed by atoms with Gasteiger partial charge in [0.1, 0.15) is 0 Å². The van der Waals surface area contributed by atoms with Crippen LogP contribution in [0.4, 0.5) is 4.79 Å². The van der Waals surface area contributed by atoms with Crippen molar-refractivity contribution >= 4 is 28.7 Å². The minimum Gasteiger partial charge on any atom is -0.435 e. The minimum atomic E-state index is -0.581. The van der Waals surface area contributed by atoms with Crippen LogP contribution in [0.15, 0.2) is 24.3 Å². The van der Waals surface area contributed by atoms with E-state index in [1.807, 2.05) is 0 Å². The van der Waals surface area contributed by atoms with Crippen molar-refractivity contribution in [3.05, 3.63) is 33.4 Å². The molecular weight excluding hydrogens is 331 g/mol. The summed E-state index contributed by atoms with van der Waals surface area (Å²) >= 11 is 2.28. The van der Waals surface area contributed by atoms with Gasteiger partial charge in [0.15, 0.2) is 0 Å². The number of benzene rings is 1. The van der Waals surface area contributed by atoms with E-state index in [4.69, 9.17) is 4.74 Å². The molecule has 0 saturated carbocycles. The van der Waals surface area contributed by atoms with E-state index in [2.05, 4.69) is 58.5 Å². The monoisotopic (exact) mass is 348 g/mol. The van der Waals surface area contributed by atoms with Crippen molar-refractivity contribution in [1.82, 2.24) is 0 Å². The standard InChI is InChI=1S/C13H17IO3/c1-3-16-13(15)17-9-8-10(2)11-4-6-12(14)7-5-11/h4-7,10H,3,8-9H2,1-2H3/t10-/m0/s1. The molecule has 4 heteroatoms. The van der Waals surface area contributed by atoms with Crippen LogP contribution in [-0.2, 0) is 9.47 Å².